The lowest BCUT2D eigenvalue weighted by atomic mass is 10.0. The third-order valence-electron chi connectivity index (χ3n) is 4.17. The Balaban J connectivity index is 1.81. The quantitative estimate of drug-likeness (QED) is 0.790. The van der Waals surface area contributed by atoms with Gasteiger partial charge in [-0.05, 0) is 45.3 Å². The monoisotopic (exact) mass is 288 g/mol. The molecule has 0 saturated carbocycles. The largest absolute Gasteiger partial charge is 0.394 e. The molecule has 2 N–H and O–H groups in total. The van der Waals surface area contributed by atoms with Crippen molar-refractivity contribution in [1.29, 1.82) is 0 Å². The summed E-state index contributed by atoms with van der Waals surface area (Å²) in [6, 6.07) is 10.8. The molecule has 1 aliphatic heterocycles. The lowest BCUT2D eigenvalue weighted by molar-refractivity contribution is 0.181. The highest BCUT2D eigenvalue weighted by atomic mass is 16.3. The van der Waals surface area contributed by atoms with Crippen molar-refractivity contribution in [3.8, 4) is 0 Å². The summed E-state index contributed by atoms with van der Waals surface area (Å²) in [7, 11) is 0. The molecule has 3 heteroatoms. The second kappa shape index (κ2) is 8.32. The molecule has 1 fully saturated rings. The number of hydrogen-bond donors (Lipinski definition) is 2. The van der Waals surface area contributed by atoms with Crippen LogP contribution in [0.5, 0.6) is 0 Å². The van der Waals surface area contributed by atoms with Crippen LogP contribution in [-0.2, 0) is 0 Å². The van der Waals surface area contributed by atoms with Crippen LogP contribution in [0.15, 0.2) is 42.0 Å². The fraction of sp³-hybridized carbons (Fsp3) is 0.556. The van der Waals surface area contributed by atoms with Crippen molar-refractivity contribution in [3.05, 3.63) is 47.5 Å². The first-order valence-corrected chi connectivity index (χ1v) is 7.96. The number of nitrogens with one attached hydrogen (secondary N) is 1. The third-order valence-corrected chi connectivity index (χ3v) is 4.17. The molecule has 3 nitrogen and oxygen atoms in total. The third kappa shape index (κ3) is 5.27. The number of hydrogen-bond acceptors (Lipinski definition) is 3. The van der Waals surface area contributed by atoms with Crippen LogP contribution in [0.4, 0.5) is 0 Å². The fourth-order valence-electron chi connectivity index (χ4n) is 2.82. The minimum Gasteiger partial charge on any atom is -0.394 e. The first-order chi connectivity index (χ1) is 10.2. The van der Waals surface area contributed by atoms with Gasteiger partial charge in [-0.3, -0.25) is 4.90 Å². The molecule has 0 spiro atoms. The van der Waals surface area contributed by atoms with E-state index in [1.165, 1.54) is 11.1 Å². The number of rotatable bonds is 6. The van der Waals surface area contributed by atoms with Crippen molar-refractivity contribution < 1.29 is 5.11 Å². The van der Waals surface area contributed by atoms with Gasteiger partial charge >= 0.3 is 0 Å². The van der Waals surface area contributed by atoms with Gasteiger partial charge in [0.15, 0.2) is 0 Å². The Hall–Kier alpha value is -1.16. The average molecular weight is 288 g/mol. The maximum absolute atomic E-state index is 9.63. The van der Waals surface area contributed by atoms with E-state index in [0.29, 0.717) is 6.04 Å². The molecule has 1 aromatic rings. The highest BCUT2D eigenvalue weighted by molar-refractivity contribution is 5.19. The molecule has 21 heavy (non-hydrogen) atoms. The number of nitrogens with zero attached hydrogens (tertiary/aromatic N) is 1. The lowest BCUT2D eigenvalue weighted by Gasteiger charge is -2.34. The van der Waals surface area contributed by atoms with Crippen molar-refractivity contribution in [3.63, 3.8) is 0 Å². The highest BCUT2D eigenvalue weighted by Crippen LogP contribution is 2.17. The summed E-state index contributed by atoms with van der Waals surface area (Å²) >= 11 is 0. The van der Waals surface area contributed by atoms with E-state index in [1.54, 1.807) is 0 Å². The number of aliphatic hydroxyl groups is 1. The van der Waals surface area contributed by atoms with Crippen molar-refractivity contribution in [2.24, 2.45) is 0 Å². The summed E-state index contributed by atoms with van der Waals surface area (Å²) in [5.41, 5.74) is 2.56. The van der Waals surface area contributed by atoms with Crippen molar-refractivity contribution in [2.45, 2.75) is 38.8 Å². The Morgan fingerprint density at radius 1 is 1.29 bits per heavy atom. The Morgan fingerprint density at radius 2 is 1.95 bits per heavy atom. The molecular weight excluding hydrogens is 260 g/mol. The average Bonchev–Trinajstić information content (AvgIpc) is 2.52. The predicted molar refractivity (Wildman–Crippen MR) is 88.3 cm³/mol. The van der Waals surface area contributed by atoms with Crippen molar-refractivity contribution in [1.82, 2.24) is 10.2 Å². The van der Waals surface area contributed by atoms with Gasteiger partial charge in [0, 0.05) is 12.6 Å². The Morgan fingerprint density at radius 3 is 2.52 bits per heavy atom. The molecular formula is C18H28N2O. The predicted octanol–water partition coefficient (Wildman–Crippen LogP) is 2.74. The Kier molecular flexibility index (Phi) is 6.43. The van der Waals surface area contributed by atoms with Crippen molar-refractivity contribution >= 4 is 0 Å². The SMILES string of the molecule is CC(C)=CCN1CCC(NC(CO)c2ccccc2)CC1. The molecule has 2 rings (SSSR count). The van der Waals surface area contributed by atoms with Gasteiger partial charge in [0.1, 0.15) is 0 Å². The van der Waals surface area contributed by atoms with Crippen LogP contribution < -0.4 is 5.32 Å². The van der Waals surface area contributed by atoms with Gasteiger partial charge in [-0.2, -0.15) is 0 Å². The first kappa shape index (κ1) is 16.2. The second-order valence-electron chi connectivity index (χ2n) is 6.17. The van der Waals surface area contributed by atoms with Gasteiger partial charge in [-0.15, -0.1) is 0 Å². The van der Waals surface area contributed by atoms with Crippen LogP contribution in [0.25, 0.3) is 0 Å². The maximum atomic E-state index is 9.63. The number of piperidine rings is 1. The van der Waals surface area contributed by atoms with Gasteiger partial charge in [-0.25, -0.2) is 0 Å². The molecule has 0 aliphatic carbocycles. The minimum absolute atomic E-state index is 0.0560. The van der Waals surface area contributed by atoms with Gasteiger partial charge in [0.2, 0.25) is 0 Å². The summed E-state index contributed by atoms with van der Waals surface area (Å²) in [5.74, 6) is 0. The van der Waals surface area contributed by atoms with Crippen LogP contribution in [0.3, 0.4) is 0 Å². The van der Waals surface area contributed by atoms with Crippen LogP contribution in [0.2, 0.25) is 0 Å². The first-order valence-electron chi connectivity index (χ1n) is 7.96. The van der Waals surface area contributed by atoms with E-state index in [0.717, 1.165) is 32.5 Å². The van der Waals surface area contributed by atoms with E-state index >= 15 is 0 Å². The normalized spacial score (nSPS) is 18.4. The molecule has 1 aliphatic rings. The molecule has 1 saturated heterocycles. The maximum Gasteiger partial charge on any atom is 0.0626 e. The van der Waals surface area contributed by atoms with E-state index in [2.05, 4.69) is 42.3 Å². The lowest BCUT2D eigenvalue weighted by Crippen LogP contribution is -2.44. The van der Waals surface area contributed by atoms with E-state index in [9.17, 15) is 5.11 Å². The smallest absolute Gasteiger partial charge is 0.0626 e. The molecule has 1 heterocycles. The zero-order chi connectivity index (χ0) is 15.1. The number of aliphatic hydroxyl groups excluding tert-OH is 1. The van der Waals surface area contributed by atoms with Gasteiger partial charge < -0.3 is 10.4 Å². The van der Waals surface area contributed by atoms with E-state index in [-0.39, 0.29) is 12.6 Å². The topological polar surface area (TPSA) is 35.5 Å². The van der Waals surface area contributed by atoms with E-state index < -0.39 is 0 Å². The van der Waals surface area contributed by atoms with Gasteiger partial charge in [-0.1, -0.05) is 42.0 Å². The molecule has 0 radical (unpaired) electrons. The standard InChI is InChI=1S/C18H28N2O/c1-15(2)8-11-20-12-9-17(10-13-20)19-18(14-21)16-6-4-3-5-7-16/h3-8,17-19,21H,9-14H2,1-2H3. The molecule has 0 aromatic heterocycles. The van der Waals surface area contributed by atoms with Gasteiger partial charge in [0.05, 0.1) is 12.6 Å². The Bertz CT molecular complexity index is 432. The molecule has 1 unspecified atom stereocenters. The summed E-state index contributed by atoms with van der Waals surface area (Å²) in [5, 5.41) is 13.2. The van der Waals surface area contributed by atoms with Crippen LogP contribution in [0.1, 0.15) is 38.3 Å². The Labute approximate surface area is 128 Å². The van der Waals surface area contributed by atoms with Crippen LogP contribution in [-0.4, -0.2) is 42.3 Å². The van der Waals surface area contributed by atoms with E-state index in [1.807, 2.05) is 18.2 Å². The number of likely N-dealkylation sites (tertiary alicyclic amines) is 1. The molecule has 0 amide bonds. The zero-order valence-electron chi connectivity index (χ0n) is 13.3. The highest BCUT2D eigenvalue weighted by Gasteiger charge is 2.21. The summed E-state index contributed by atoms with van der Waals surface area (Å²) in [4.78, 5) is 2.50. The van der Waals surface area contributed by atoms with Gasteiger partial charge in [0.25, 0.3) is 0 Å². The summed E-state index contributed by atoms with van der Waals surface area (Å²) < 4.78 is 0. The fourth-order valence-corrected chi connectivity index (χ4v) is 2.82. The summed E-state index contributed by atoms with van der Waals surface area (Å²) in [6.45, 7) is 7.79. The molecule has 1 aromatic carbocycles. The number of allylic oxidation sites excluding steroid dienone is 1. The number of benzene rings is 1. The van der Waals surface area contributed by atoms with Crippen molar-refractivity contribution in [2.75, 3.05) is 26.2 Å². The summed E-state index contributed by atoms with van der Waals surface area (Å²) in [6.07, 6.45) is 4.61. The van der Waals surface area contributed by atoms with Crippen LogP contribution >= 0.6 is 0 Å². The molecule has 0 bridgehead atoms. The minimum atomic E-state index is 0.0560. The molecule has 116 valence electrons. The second-order valence-corrected chi connectivity index (χ2v) is 6.17. The molecule has 1 atom stereocenters. The van der Waals surface area contributed by atoms with Crippen LogP contribution in [0, 0.1) is 0 Å². The van der Waals surface area contributed by atoms with E-state index in [4.69, 9.17) is 0 Å². The zero-order valence-corrected chi connectivity index (χ0v) is 13.3.